The van der Waals surface area contributed by atoms with Gasteiger partial charge in [-0.2, -0.15) is 0 Å². The largest absolute Gasteiger partial charge is 0.310 e. The first-order valence-electron chi connectivity index (χ1n) is 6.61. The Bertz CT molecular complexity index is 514. The van der Waals surface area contributed by atoms with Crippen molar-refractivity contribution >= 4 is 21.4 Å². The number of rotatable bonds is 7. The molecule has 0 aliphatic rings. The van der Waals surface area contributed by atoms with E-state index in [4.69, 9.17) is 11.6 Å². The lowest BCUT2D eigenvalue weighted by atomic mass is 10.1. The van der Waals surface area contributed by atoms with Gasteiger partial charge in [0.2, 0.25) is 0 Å². The average molecular weight is 304 g/mol. The Morgan fingerprint density at radius 1 is 1.32 bits per heavy atom. The maximum atomic E-state index is 11.8. The van der Waals surface area contributed by atoms with Crippen molar-refractivity contribution in [1.82, 2.24) is 5.32 Å². The lowest BCUT2D eigenvalue weighted by Crippen LogP contribution is -2.28. The van der Waals surface area contributed by atoms with Crippen LogP contribution in [0.25, 0.3) is 0 Å². The molecule has 1 unspecified atom stereocenters. The van der Waals surface area contributed by atoms with Gasteiger partial charge in [0, 0.05) is 29.4 Å². The zero-order chi connectivity index (χ0) is 14.5. The van der Waals surface area contributed by atoms with E-state index in [0.29, 0.717) is 28.1 Å². The maximum absolute atomic E-state index is 11.8. The first-order chi connectivity index (χ1) is 8.90. The molecule has 0 aromatic heterocycles. The number of benzene rings is 1. The van der Waals surface area contributed by atoms with Crippen LogP contribution >= 0.6 is 11.6 Å². The minimum Gasteiger partial charge on any atom is -0.310 e. The third-order valence-corrected chi connectivity index (χ3v) is 4.71. The van der Waals surface area contributed by atoms with Crippen LogP contribution in [0.1, 0.15) is 38.7 Å². The molecule has 0 radical (unpaired) electrons. The van der Waals surface area contributed by atoms with Gasteiger partial charge in [-0.3, -0.25) is 0 Å². The van der Waals surface area contributed by atoms with E-state index < -0.39 is 9.84 Å². The van der Waals surface area contributed by atoms with Crippen molar-refractivity contribution < 1.29 is 8.42 Å². The fraction of sp³-hybridized carbons (Fsp3) is 0.571. The molecule has 0 heterocycles. The zero-order valence-corrected chi connectivity index (χ0v) is 13.3. The zero-order valence-electron chi connectivity index (χ0n) is 11.7. The smallest absolute Gasteiger partial charge is 0.175 e. The Morgan fingerprint density at radius 3 is 2.53 bits per heavy atom. The highest BCUT2D eigenvalue weighted by Crippen LogP contribution is 2.24. The summed E-state index contributed by atoms with van der Waals surface area (Å²) in [4.78, 5) is 0.318. The maximum Gasteiger partial charge on any atom is 0.175 e. The SMILES string of the molecule is CCCC(CC)NCc1c(Cl)cccc1S(C)(=O)=O. The molecule has 0 spiro atoms. The van der Waals surface area contributed by atoms with Crippen molar-refractivity contribution in [3.05, 3.63) is 28.8 Å². The highest BCUT2D eigenvalue weighted by Gasteiger charge is 2.16. The fourth-order valence-electron chi connectivity index (χ4n) is 2.10. The summed E-state index contributed by atoms with van der Waals surface area (Å²) >= 11 is 6.13. The van der Waals surface area contributed by atoms with Gasteiger partial charge in [-0.1, -0.05) is 37.9 Å². The predicted octanol–water partition coefficient (Wildman–Crippen LogP) is 3.41. The van der Waals surface area contributed by atoms with E-state index in [1.165, 1.54) is 6.26 Å². The molecule has 0 bridgehead atoms. The van der Waals surface area contributed by atoms with Crippen LogP contribution in [0.3, 0.4) is 0 Å². The molecule has 0 saturated heterocycles. The molecule has 0 saturated carbocycles. The Balaban J connectivity index is 2.94. The first kappa shape index (κ1) is 16.5. The summed E-state index contributed by atoms with van der Waals surface area (Å²) in [5.41, 5.74) is 0.668. The van der Waals surface area contributed by atoms with E-state index in [9.17, 15) is 8.42 Å². The van der Waals surface area contributed by atoms with Crippen LogP contribution in [0, 0.1) is 0 Å². The molecule has 108 valence electrons. The second-order valence-corrected chi connectivity index (χ2v) is 7.15. The van der Waals surface area contributed by atoms with Gasteiger partial charge in [-0.05, 0) is 25.0 Å². The second kappa shape index (κ2) is 7.27. The van der Waals surface area contributed by atoms with E-state index in [0.717, 1.165) is 19.3 Å². The van der Waals surface area contributed by atoms with Gasteiger partial charge in [0.1, 0.15) is 0 Å². The van der Waals surface area contributed by atoms with Gasteiger partial charge in [0.15, 0.2) is 9.84 Å². The van der Waals surface area contributed by atoms with Crippen LogP contribution in [-0.4, -0.2) is 20.7 Å². The molecule has 3 nitrogen and oxygen atoms in total. The van der Waals surface area contributed by atoms with Gasteiger partial charge in [0.25, 0.3) is 0 Å². The van der Waals surface area contributed by atoms with E-state index in [2.05, 4.69) is 19.2 Å². The number of hydrogen-bond donors (Lipinski definition) is 1. The molecule has 0 amide bonds. The van der Waals surface area contributed by atoms with Crippen molar-refractivity contribution in [3.63, 3.8) is 0 Å². The van der Waals surface area contributed by atoms with Crippen LogP contribution in [0.4, 0.5) is 0 Å². The summed E-state index contributed by atoms with van der Waals surface area (Å²) in [6, 6.07) is 5.41. The minimum absolute atomic E-state index is 0.318. The normalized spacial score (nSPS) is 13.5. The minimum atomic E-state index is -3.25. The summed E-state index contributed by atoms with van der Waals surface area (Å²) in [5, 5.41) is 3.89. The van der Waals surface area contributed by atoms with E-state index in [-0.39, 0.29) is 0 Å². The first-order valence-corrected chi connectivity index (χ1v) is 8.87. The van der Waals surface area contributed by atoms with Crippen LogP contribution in [-0.2, 0) is 16.4 Å². The molecular formula is C14H22ClNO2S. The Labute approximate surface area is 121 Å². The van der Waals surface area contributed by atoms with Crippen molar-refractivity contribution in [2.75, 3.05) is 6.26 Å². The third-order valence-electron chi connectivity index (χ3n) is 3.17. The van der Waals surface area contributed by atoms with Gasteiger partial charge in [0.05, 0.1) is 4.90 Å². The summed E-state index contributed by atoms with van der Waals surface area (Å²) in [6.45, 7) is 4.75. The predicted molar refractivity (Wildman–Crippen MR) is 80.4 cm³/mol. The molecule has 1 aromatic rings. The monoisotopic (exact) mass is 303 g/mol. The van der Waals surface area contributed by atoms with Crippen molar-refractivity contribution in [1.29, 1.82) is 0 Å². The average Bonchev–Trinajstić information content (AvgIpc) is 2.34. The Morgan fingerprint density at radius 2 is 2.00 bits per heavy atom. The van der Waals surface area contributed by atoms with E-state index in [1.54, 1.807) is 18.2 Å². The fourth-order valence-corrected chi connectivity index (χ4v) is 3.36. The van der Waals surface area contributed by atoms with Crippen LogP contribution in [0.2, 0.25) is 5.02 Å². The van der Waals surface area contributed by atoms with E-state index >= 15 is 0 Å². The molecule has 1 atom stereocenters. The quantitative estimate of drug-likeness (QED) is 0.839. The summed E-state index contributed by atoms with van der Waals surface area (Å²) in [6.07, 6.45) is 4.42. The van der Waals surface area contributed by atoms with Crippen molar-refractivity contribution in [2.45, 2.75) is 50.6 Å². The van der Waals surface area contributed by atoms with Gasteiger partial charge in [-0.25, -0.2) is 8.42 Å². The molecule has 0 aliphatic carbocycles. The molecule has 0 fully saturated rings. The van der Waals surface area contributed by atoms with Crippen LogP contribution in [0.5, 0.6) is 0 Å². The topological polar surface area (TPSA) is 46.2 Å². The van der Waals surface area contributed by atoms with Gasteiger partial charge in [-0.15, -0.1) is 0 Å². The highest BCUT2D eigenvalue weighted by atomic mass is 35.5. The second-order valence-electron chi connectivity index (χ2n) is 4.76. The number of hydrogen-bond acceptors (Lipinski definition) is 3. The molecule has 1 aromatic carbocycles. The van der Waals surface area contributed by atoms with E-state index in [1.807, 2.05) is 0 Å². The third kappa shape index (κ3) is 4.79. The molecule has 5 heteroatoms. The Hall–Kier alpha value is -0.580. The lowest BCUT2D eigenvalue weighted by molar-refractivity contribution is 0.460. The van der Waals surface area contributed by atoms with Crippen LogP contribution < -0.4 is 5.32 Å². The van der Waals surface area contributed by atoms with Gasteiger partial charge >= 0.3 is 0 Å². The van der Waals surface area contributed by atoms with Gasteiger partial charge < -0.3 is 5.32 Å². The summed E-state index contributed by atoms with van der Waals surface area (Å²) in [7, 11) is -3.25. The van der Waals surface area contributed by atoms with Crippen molar-refractivity contribution in [2.24, 2.45) is 0 Å². The number of nitrogens with one attached hydrogen (secondary N) is 1. The summed E-state index contributed by atoms with van der Waals surface area (Å²) < 4.78 is 23.5. The summed E-state index contributed by atoms with van der Waals surface area (Å²) in [5.74, 6) is 0. The lowest BCUT2D eigenvalue weighted by Gasteiger charge is -2.18. The number of halogens is 1. The molecule has 1 N–H and O–H groups in total. The standard InChI is InChI=1S/C14H22ClNO2S/c1-4-7-11(5-2)16-10-12-13(15)8-6-9-14(12)19(3,17)18/h6,8-9,11,16H,4-5,7,10H2,1-3H3. The van der Waals surface area contributed by atoms with Crippen LogP contribution in [0.15, 0.2) is 23.1 Å². The molecular weight excluding hydrogens is 282 g/mol. The molecule has 1 rings (SSSR count). The highest BCUT2D eigenvalue weighted by molar-refractivity contribution is 7.90. The molecule has 0 aliphatic heterocycles. The molecule has 19 heavy (non-hydrogen) atoms. The Kier molecular flexibility index (Phi) is 6.30. The van der Waals surface area contributed by atoms with Crippen molar-refractivity contribution in [3.8, 4) is 0 Å². The number of sulfone groups is 1.